The molecule has 20 heteroatoms. The third-order valence-electron chi connectivity index (χ3n) is 14.9. The maximum Gasteiger partial charge on any atom is 1.00 e. The minimum absolute atomic E-state index is 0. The van der Waals surface area contributed by atoms with Crippen molar-refractivity contribution in [2.45, 2.75) is 218 Å². The Kier molecular flexibility index (Phi) is 72.1. The van der Waals surface area contributed by atoms with Crippen LogP contribution < -0.4 is 50.0 Å². The number of rotatable bonds is 34. The zero-order valence-electron chi connectivity index (χ0n) is 61.1. The van der Waals surface area contributed by atoms with E-state index < -0.39 is 24.1 Å². The predicted octanol–water partition coefficient (Wildman–Crippen LogP) is 10.2. The number of carbonyl (C=O) groups is 6. The second-order valence-corrected chi connectivity index (χ2v) is 23.2. The standard InChI is InChI=1S/2C18H21NO3.2C11H12O.2C8H12O2.2C4H8O.2Li.2H3N/c2*1-2-3-4-5-9-12-17(20)19-16(14-22-18(19)21)13-15-10-7-6-8-11-15;2*12-10-6-2-5-9-11-7-3-1-4-8-11;2*1-2-3-4-5-6-7-8(9)10;2*1-2-4-5-3-1;;;;/h2*1,6-8,10-11,16H,3-5,9,12-14H2;2*1,3-5,7-8H,2,6,9H2;2*1H,3-7H2,(H,9,10);2*1-4H2;;;2*1H3/q;;2*-2;;;;;2*+1;;/t2*16-;;;;;;;;;;/m10........../s1. The van der Waals surface area contributed by atoms with Gasteiger partial charge < -0.3 is 63.9 Å². The van der Waals surface area contributed by atoms with Gasteiger partial charge in [0.1, 0.15) is 13.2 Å². The van der Waals surface area contributed by atoms with Gasteiger partial charge in [-0.1, -0.05) is 158 Å². The Hall–Kier alpha value is -7.69. The van der Waals surface area contributed by atoms with Crippen molar-refractivity contribution in [1.29, 1.82) is 0 Å². The Bertz CT molecular complexity index is 2700. The minimum Gasteiger partial charge on any atom is -0.542 e. The van der Waals surface area contributed by atoms with Gasteiger partial charge >= 0.3 is 61.8 Å². The van der Waals surface area contributed by atoms with E-state index in [0.717, 1.165) is 166 Å². The number of aliphatic carboxylic acids is 2. The van der Waals surface area contributed by atoms with Crippen molar-refractivity contribution in [2.75, 3.05) is 39.6 Å². The van der Waals surface area contributed by atoms with Crippen LogP contribution in [0.25, 0.3) is 0 Å². The van der Waals surface area contributed by atoms with Crippen LogP contribution in [0.15, 0.2) is 121 Å². The summed E-state index contributed by atoms with van der Waals surface area (Å²) >= 11 is 0. The number of benzene rings is 4. The summed E-state index contributed by atoms with van der Waals surface area (Å²) in [6.07, 6.45) is 53.0. The molecule has 0 saturated carbocycles. The van der Waals surface area contributed by atoms with E-state index >= 15 is 0 Å². The summed E-state index contributed by atoms with van der Waals surface area (Å²) in [6, 6.07) is 39.7. The third kappa shape index (κ3) is 56.9. The maximum atomic E-state index is 12.3. The number of unbranched alkanes of at least 4 members (excludes halogenated alkanes) is 16. The first kappa shape index (κ1) is 101. The molecule has 2 atom stereocenters. The number of carboxylic acid groups (broad SMARTS) is 2. The van der Waals surface area contributed by atoms with E-state index in [2.05, 4.69) is 60.8 Å². The van der Waals surface area contributed by atoms with Gasteiger partial charge in [-0.25, -0.2) is 32.2 Å². The molecule has 0 aliphatic carbocycles. The quantitative estimate of drug-likeness (QED) is 0.0146. The van der Waals surface area contributed by atoms with Crippen LogP contribution in [-0.4, -0.2) is 120 Å². The molecule has 18 nitrogen and oxygen atoms in total. The Labute approximate surface area is 635 Å². The first-order valence-electron chi connectivity index (χ1n) is 34.6. The molecule has 4 aromatic carbocycles. The first-order chi connectivity index (χ1) is 47.8. The maximum absolute atomic E-state index is 12.3. The fraction of sp³-hybridized carbons (Fsp3) is 0.488. The van der Waals surface area contributed by atoms with Crippen molar-refractivity contribution in [3.8, 4) is 49.4 Å². The molecule has 8 N–H and O–H groups in total. The molecule has 102 heavy (non-hydrogen) atoms. The second kappa shape index (κ2) is 73.1. The van der Waals surface area contributed by atoms with E-state index in [9.17, 15) is 38.4 Å². The molecule has 4 heterocycles. The molecule has 4 aliphatic heterocycles. The number of cyclic esters (lactones) is 2. The first-order valence-corrected chi connectivity index (χ1v) is 34.6. The van der Waals surface area contributed by atoms with Crippen molar-refractivity contribution in [1.82, 2.24) is 22.1 Å². The normalized spacial score (nSPS) is 13.7. The van der Waals surface area contributed by atoms with Crippen LogP contribution in [0.4, 0.5) is 9.59 Å². The number of nitrogens with zero attached hydrogens (tertiary/aromatic N) is 2. The summed E-state index contributed by atoms with van der Waals surface area (Å²) in [5.41, 5.74) is 4.78. The van der Waals surface area contributed by atoms with Crippen LogP contribution in [0.1, 0.15) is 202 Å². The van der Waals surface area contributed by atoms with Crippen molar-refractivity contribution in [3.63, 3.8) is 0 Å². The van der Waals surface area contributed by atoms with E-state index in [1.165, 1.54) is 46.6 Å². The average Bonchev–Trinajstić information content (AvgIpc) is 1.69. The van der Waals surface area contributed by atoms with Crippen LogP contribution in [0.5, 0.6) is 0 Å². The summed E-state index contributed by atoms with van der Waals surface area (Å²) < 4.78 is 20.0. The molecule has 548 valence electrons. The number of ether oxygens (including phenoxy) is 4. The van der Waals surface area contributed by atoms with Crippen LogP contribution in [0.2, 0.25) is 0 Å². The molecule has 4 fully saturated rings. The molecule has 0 aromatic heterocycles. The van der Waals surface area contributed by atoms with Crippen LogP contribution in [0.3, 0.4) is 0 Å². The minimum atomic E-state index is -0.722. The van der Waals surface area contributed by atoms with Gasteiger partial charge in [-0.3, -0.25) is 31.8 Å². The molecule has 4 aromatic rings. The summed E-state index contributed by atoms with van der Waals surface area (Å²) in [4.78, 5) is 90.5. The van der Waals surface area contributed by atoms with Gasteiger partial charge in [0.15, 0.2) is 0 Å². The summed E-state index contributed by atoms with van der Waals surface area (Å²) in [7, 11) is 0. The zero-order valence-corrected chi connectivity index (χ0v) is 61.1. The zero-order chi connectivity index (χ0) is 71.6. The van der Waals surface area contributed by atoms with Crippen molar-refractivity contribution in [3.05, 3.63) is 156 Å². The van der Waals surface area contributed by atoms with Crippen molar-refractivity contribution < 1.29 is 105 Å². The average molecular weight is 1390 g/mol. The molecule has 0 bridgehead atoms. The number of carboxylic acids is 2. The molecule has 4 amide bonds. The predicted molar refractivity (Wildman–Crippen MR) is 396 cm³/mol. The van der Waals surface area contributed by atoms with Crippen LogP contribution in [-0.2, 0) is 73.4 Å². The second-order valence-electron chi connectivity index (χ2n) is 23.2. The molecule has 4 saturated heterocycles. The van der Waals surface area contributed by atoms with Crippen molar-refractivity contribution >= 4 is 48.5 Å². The van der Waals surface area contributed by atoms with Crippen LogP contribution in [0, 0.1) is 62.2 Å². The number of terminal acetylenes is 4. The molecular weight excluding hydrogens is 1280 g/mol. The summed E-state index contributed by atoms with van der Waals surface area (Å²) in [5.74, 6) is 8.44. The smallest absolute Gasteiger partial charge is 0.542 e. The topological polar surface area (TPSA) is 290 Å². The third-order valence-corrected chi connectivity index (χ3v) is 14.9. The number of carbonyl (C=O) groups excluding carboxylic acids is 6. The largest absolute Gasteiger partial charge is 1.00 e. The van der Waals surface area contributed by atoms with E-state index in [4.69, 9.17) is 54.9 Å². The molecule has 0 spiro atoms. The summed E-state index contributed by atoms with van der Waals surface area (Å²) in [5, 5.41) is 16.5. The molecule has 0 radical (unpaired) electrons. The van der Waals surface area contributed by atoms with E-state index in [-0.39, 0.29) is 100.0 Å². The van der Waals surface area contributed by atoms with E-state index in [1.807, 2.05) is 110 Å². The summed E-state index contributed by atoms with van der Waals surface area (Å²) in [6.45, 7) is 4.55. The van der Waals surface area contributed by atoms with Gasteiger partial charge in [-0.05, 0) is 101 Å². The van der Waals surface area contributed by atoms with Gasteiger partial charge in [0, 0.05) is 77.8 Å². The Morgan fingerprint density at radius 2 is 0.706 bits per heavy atom. The number of hydrogen-bond acceptors (Lipinski definition) is 14. The number of amides is 4. The fourth-order valence-electron chi connectivity index (χ4n) is 9.67. The number of hydrogen-bond donors (Lipinski definition) is 4. The Morgan fingerprint density at radius 1 is 0.431 bits per heavy atom. The van der Waals surface area contributed by atoms with Gasteiger partial charge in [0.25, 0.3) is 0 Å². The van der Waals surface area contributed by atoms with Gasteiger partial charge in [0.05, 0.1) is 12.1 Å². The molecule has 4 aliphatic rings. The monoisotopic (exact) mass is 1390 g/mol. The Balaban J connectivity index is -0.000000559. The van der Waals surface area contributed by atoms with Gasteiger partial charge in [0.2, 0.25) is 11.8 Å². The fourth-order valence-corrected chi connectivity index (χ4v) is 9.67. The van der Waals surface area contributed by atoms with Crippen LogP contribution >= 0.6 is 0 Å². The van der Waals surface area contributed by atoms with Gasteiger partial charge in [-0.2, -0.15) is 25.7 Å². The van der Waals surface area contributed by atoms with Gasteiger partial charge in [-0.15, -0.1) is 49.4 Å². The number of imide groups is 2. The van der Waals surface area contributed by atoms with Crippen molar-refractivity contribution in [2.24, 2.45) is 0 Å². The van der Waals surface area contributed by atoms with E-state index in [1.54, 1.807) is 0 Å². The SMILES string of the molecule is C#CCCCCCC(=O)N1C(=O)OC[C@@H]1Cc1ccccc1.C#CCCCCCC(=O)N1C(=O)OC[C@H]1Cc1ccccc1.C#CCCCCCC(=O)O.C#CCCCCCC(=O)O.C1CCOC1.C1CCOC1.N.N.O=[C-]CC[CH-]Cc1ccccc1.O=[C-]CC[CH-]Cc1ccccc1.[Li+].[Li+]. The molecule has 8 rings (SSSR count). The molecular formula is C82H112Li2N4O14-2. The van der Waals surface area contributed by atoms with E-state index in [0.29, 0.717) is 38.5 Å². The Morgan fingerprint density at radius 3 is 0.951 bits per heavy atom. The molecule has 0 unspecified atom stereocenters.